The molecule has 0 spiro atoms. The molecule has 2 heterocycles. The SMILES string of the molecule is OCC[C@]12CO[C@H](c3ccc(Cl)cc3)N1[C@H](c1ccc(Cl)cc1)OC2. The van der Waals surface area contributed by atoms with E-state index >= 15 is 0 Å². The van der Waals surface area contributed by atoms with Crippen LogP contribution in [0.25, 0.3) is 0 Å². The number of fused-ring (bicyclic) bond motifs is 1. The summed E-state index contributed by atoms with van der Waals surface area (Å²) < 4.78 is 12.3. The average Bonchev–Trinajstić information content (AvgIpc) is 3.14. The van der Waals surface area contributed by atoms with Crippen LogP contribution in [0.3, 0.4) is 0 Å². The number of ether oxygens (including phenoxy) is 2. The van der Waals surface area contributed by atoms with Crippen molar-refractivity contribution in [3.05, 3.63) is 69.7 Å². The number of benzene rings is 2. The fourth-order valence-electron chi connectivity index (χ4n) is 3.69. The maximum Gasteiger partial charge on any atom is 0.139 e. The van der Waals surface area contributed by atoms with E-state index < -0.39 is 0 Å². The second-order valence-corrected chi connectivity index (χ2v) is 7.41. The van der Waals surface area contributed by atoms with Gasteiger partial charge in [-0.2, -0.15) is 0 Å². The van der Waals surface area contributed by atoms with E-state index in [1.165, 1.54) is 0 Å². The Balaban J connectivity index is 1.72. The monoisotopic (exact) mass is 379 g/mol. The van der Waals surface area contributed by atoms with E-state index in [9.17, 15) is 5.11 Å². The third kappa shape index (κ3) is 3.08. The second-order valence-electron chi connectivity index (χ2n) is 6.54. The van der Waals surface area contributed by atoms with Crippen LogP contribution in [0, 0.1) is 0 Å². The van der Waals surface area contributed by atoms with Gasteiger partial charge in [-0.1, -0.05) is 47.5 Å². The molecule has 6 heteroatoms. The van der Waals surface area contributed by atoms with Crippen LogP contribution < -0.4 is 0 Å². The van der Waals surface area contributed by atoms with Gasteiger partial charge < -0.3 is 14.6 Å². The predicted molar refractivity (Wildman–Crippen MR) is 96.6 cm³/mol. The highest BCUT2D eigenvalue weighted by atomic mass is 35.5. The largest absolute Gasteiger partial charge is 0.396 e. The predicted octanol–water partition coefficient (Wildman–Crippen LogP) is 4.17. The molecule has 2 aromatic rings. The normalized spacial score (nSPS) is 29.1. The van der Waals surface area contributed by atoms with Gasteiger partial charge in [0.05, 0.1) is 18.8 Å². The number of hydrogen-bond donors (Lipinski definition) is 1. The van der Waals surface area contributed by atoms with Gasteiger partial charge in [0, 0.05) is 16.7 Å². The number of rotatable bonds is 4. The van der Waals surface area contributed by atoms with Crippen LogP contribution in [0.5, 0.6) is 0 Å². The molecule has 1 N–H and O–H groups in total. The number of aliphatic hydroxyl groups is 1. The second kappa shape index (κ2) is 6.88. The van der Waals surface area contributed by atoms with Crippen molar-refractivity contribution in [2.45, 2.75) is 24.4 Å². The van der Waals surface area contributed by atoms with Crippen molar-refractivity contribution >= 4 is 23.2 Å². The summed E-state index contributed by atoms with van der Waals surface area (Å²) >= 11 is 12.0. The van der Waals surface area contributed by atoms with E-state index in [1.807, 2.05) is 48.5 Å². The third-order valence-electron chi connectivity index (χ3n) is 4.96. The van der Waals surface area contributed by atoms with E-state index in [4.69, 9.17) is 32.7 Å². The van der Waals surface area contributed by atoms with Gasteiger partial charge in [-0.3, -0.25) is 0 Å². The van der Waals surface area contributed by atoms with Crippen molar-refractivity contribution in [2.75, 3.05) is 19.8 Å². The number of hydrogen-bond acceptors (Lipinski definition) is 4. The molecule has 0 bridgehead atoms. The summed E-state index contributed by atoms with van der Waals surface area (Å²) in [6.45, 7) is 1.12. The highest BCUT2D eigenvalue weighted by Crippen LogP contribution is 2.50. The van der Waals surface area contributed by atoms with E-state index in [1.54, 1.807) is 0 Å². The molecular formula is C19H19Cl2NO3. The Morgan fingerprint density at radius 1 is 0.880 bits per heavy atom. The quantitative estimate of drug-likeness (QED) is 0.865. The molecule has 0 saturated carbocycles. The Hall–Kier alpha value is -1.14. The summed E-state index contributed by atoms with van der Waals surface area (Å²) in [6.07, 6.45) is 0.111. The molecular weight excluding hydrogens is 361 g/mol. The zero-order valence-corrected chi connectivity index (χ0v) is 15.1. The first-order valence-corrected chi connectivity index (χ1v) is 9.02. The number of halogens is 2. The van der Waals surface area contributed by atoms with Crippen LogP contribution in [0.2, 0.25) is 10.0 Å². The first-order valence-electron chi connectivity index (χ1n) is 8.26. The van der Waals surface area contributed by atoms with E-state index in [2.05, 4.69) is 4.90 Å². The maximum absolute atomic E-state index is 9.58. The number of nitrogens with zero attached hydrogens (tertiary/aromatic N) is 1. The lowest BCUT2D eigenvalue weighted by atomic mass is 9.96. The Labute approximate surface area is 156 Å². The van der Waals surface area contributed by atoms with Crippen LogP contribution in [-0.4, -0.2) is 35.4 Å². The topological polar surface area (TPSA) is 41.9 Å². The Kier molecular flexibility index (Phi) is 4.75. The van der Waals surface area contributed by atoms with E-state index in [-0.39, 0.29) is 24.6 Å². The summed E-state index contributed by atoms with van der Waals surface area (Å²) in [5.41, 5.74) is 1.71. The summed E-state index contributed by atoms with van der Waals surface area (Å²) in [7, 11) is 0. The van der Waals surface area contributed by atoms with Crippen molar-refractivity contribution in [3.63, 3.8) is 0 Å². The Morgan fingerprint density at radius 3 is 1.72 bits per heavy atom. The minimum Gasteiger partial charge on any atom is -0.396 e. The molecule has 0 unspecified atom stereocenters. The lowest BCUT2D eigenvalue weighted by Gasteiger charge is -2.34. The Bertz CT molecular complexity index is 678. The van der Waals surface area contributed by atoms with Gasteiger partial charge in [-0.25, -0.2) is 4.90 Å². The highest BCUT2D eigenvalue weighted by Gasteiger charge is 2.56. The molecule has 25 heavy (non-hydrogen) atoms. The molecule has 2 saturated heterocycles. The van der Waals surface area contributed by atoms with Crippen LogP contribution >= 0.6 is 23.2 Å². The molecule has 4 rings (SSSR count). The minimum atomic E-state index is -0.330. The van der Waals surface area contributed by atoms with Gasteiger partial charge in [0.2, 0.25) is 0 Å². The molecule has 2 fully saturated rings. The molecule has 0 aliphatic carbocycles. The molecule has 3 atom stereocenters. The average molecular weight is 380 g/mol. The van der Waals surface area contributed by atoms with Crippen LogP contribution in [0.1, 0.15) is 30.0 Å². The van der Waals surface area contributed by atoms with Crippen molar-refractivity contribution in [3.8, 4) is 0 Å². The summed E-state index contributed by atoms with van der Waals surface area (Å²) in [6, 6.07) is 15.3. The van der Waals surface area contributed by atoms with Crippen LogP contribution in [-0.2, 0) is 9.47 Å². The highest BCUT2D eigenvalue weighted by molar-refractivity contribution is 6.30. The van der Waals surface area contributed by atoms with Crippen LogP contribution in [0.4, 0.5) is 0 Å². The first kappa shape index (κ1) is 17.3. The van der Waals surface area contributed by atoms with Crippen molar-refractivity contribution in [1.82, 2.24) is 4.90 Å². The van der Waals surface area contributed by atoms with Crippen molar-refractivity contribution < 1.29 is 14.6 Å². The zero-order valence-electron chi connectivity index (χ0n) is 13.6. The smallest absolute Gasteiger partial charge is 0.139 e. The Morgan fingerprint density at radius 2 is 1.32 bits per heavy atom. The lowest BCUT2D eigenvalue weighted by molar-refractivity contribution is -0.0623. The van der Waals surface area contributed by atoms with Gasteiger partial charge in [-0.05, 0) is 41.8 Å². The third-order valence-corrected chi connectivity index (χ3v) is 5.46. The molecule has 2 aliphatic heterocycles. The first-order chi connectivity index (χ1) is 12.1. The molecule has 0 amide bonds. The van der Waals surface area contributed by atoms with E-state index in [0.717, 1.165) is 11.1 Å². The van der Waals surface area contributed by atoms with Gasteiger partial charge in [0.25, 0.3) is 0 Å². The molecule has 2 aliphatic rings. The molecule has 2 aromatic carbocycles. The van der Waals surface area contributed by atoms with Crippen molar-refractivity contribution in [1.29, 1.82) is 0 Å². The molecule has 0 radical (unpaired) electrons. The van der Waals surface area contributed by atoms with E-state index in [0.29, 0.717) is 29.7 Å². The molecule has 4 nitrogen and oxygen atoms in total. The minimum absolute atomic E-state index is 0.0872. The standard InChI is InChI=1S/C19H19Cl2NO3/c20-15-5-1-13(2-6-15)17-22-18(14-3-7-16(21)8-4-14)25-12-19(22,9-10-23)11-24-17/h1-8,17-18,23H,9-12H2/t17-,18+,19-. The zero-order chi connectivity index (χ0) is 17.4. The van der Waals surface area contributed by atoms with Crippen LogP contribution in [0.15, 0.2) is 48.5 Å². The maximum atomic E-state index is 9.58. The van der Waals surface area contributed by atoms with Gasteiger partial charge in [-0.15, -0.1) is 0 Å². The molecule has 0 aromatic heterocycles. The van der Waals surface area contributed by atoms with Gasteiger partial charge in [0.1, 0.15) is 12.5 Å². The van der Waals surface area contributed by atoms with Crippen molar-refractivity contribution in [2.24, 2.45) is 0 Å². The van der Waals surface area contributed by atoms with Gasteiger partial charge >= 0.3 is 0 Å². The summed E-state index contributed by atoms with van der Waals surface area (Å²) in [5.74, 6) is 0. The fourth-order valence-corrected chi connectivity index (χ4v) is 3.94. The molecule has 132 valence electrons. The fraction of sp³-hybridized carbons (Fsp3) is 0.368. The van der Waals surface area contributed by atoms with Gasteiger partial charge in [0.15, 0.2) is 0 Å². The number of aliphatic hydroxyl groups excluding tert-OH is 1. The lowest BCUT2D eigenvalue weighted by Crippen LogP contribution is -2.45. The summed E-state index contributed by atoms with van der Waals surface area (Å²) in [5, 5.41) is 11.0. The summed E-state index contributed by atoms with van der Waals surface area (Å²) in [4.78, 5) is 2.23.